The second-order valence-electron chi connectivity index (χ2n) is 7.02. The topological polar surface area (TPSA) is 39.7 Å². The number of carbonyl (C=O) groups excluding carboxylic acids is 1. The van der Waals surface area contributed by atoms with Gasteiger partial charge < -0.3 is 14.7 Å². The van der Waals surface area contributed by atoms with Crippen LogP contribution in [0.25, 0.3) is 0 Å². The molecule has 0 spiro atoms. The predicted octanol–water partition coefficient (Wildman–Crippen LogP) is 3.95. The highest BCUT2D eigenvalue weighted by molar-refractivity contribution is 5.93. The number of hydrogen-bond acceptors (Lipinski definition) is 4. The lowest BCUT2D eigenvalue weighted by Crippen LogP contribution is -2.49. The summed E-state index contributed by atoms with van der Waals surface area (Å²) in [5.41, 5.74) is 2.95. The number of anilines is 3. The summed E-state index contributed by atoms with van der Waals surface area (Å²) < 4.78 is 14.0. The van der Waals surface area contributed by atoms with Crippen molar-refractivity contribution in [1.82, 2.24) is 9.88 Å². The minimum Gasteiger partial charge on any atom is -0.366 e. The number of nitrogens with zero attached hydrogens (tertiary/aromatic N) is 4. The van der Waals surface area contributed by atoms with Gasteiger partial charge in [0.15, 0.2) is 0 Å². The molecule has 1 aromatic heterocycles. The fraction of sp³-hybridized carbons (Fsp3) is 0.217. The number of piperazine rings is 1. The van der Waals surface area contributed by atoms with E-state index in [4.69, 9.17) is 0 Å². The van der Waals surface area contributed by atoms with Crippen molar-refractivity contribution in [2.75, 3.05) is 43.0 Å². The van der Waals surface area contributed by atoms with Gasteiger partial charge in [0.1, 0.15) is 11.5 Å². The predicted molar refractivity (Wildman–Crippen MR) is 113 cm³/mol. The molecule has 0 bridgehead atoms. The molecule has 5 nitrogen and oxygen atoms in total. The third kappa shape index (κ3) is 4.06. The van der Waals surface area contributed by atoms with E-state index < -0.39 is 0 Å². The molecule has 148 valence electrons. The van der Waals surface area contributed by atoms with Gasteiger partial charge in [-0.1, -0.05) is 30.3 Å². The molecule has 0 N–H and O–H groups in total. The van der Waals surface area contributed by atoms with E-state index in [1.54, 1.807) is 23.2 Å². The summed E-state index contributed by atoms with van der Waals surface area (Å²) in [6.07, 6.45) is 1.66. The van der Waals surface area contributed by atoms with Gasteiger partial charge >= 0.3 is 0 Å². The summed E-state index contributed by atoms with van der Waals surface area (Å²) in [4.78, 5) is 23.0. The van der Waals surface area contributed by atoms with Gasteiger partial charge in [0.25, 0.3) is 5.91 Å². The molecule has 0 unspecified atom stereocenters. The number of rotatable bonds is 4. The molecule has 2 heterocycles. The van der Waals surface area contributed by atoms with Crippen molar-refractivity contribution < 1.29 is 9.18 Å². The van der Waals surface area contributed by atoms with Crippen molar-refractivity contribution in [2.24, 2.45) is 0 Å². The summed E-state index contributed by atoms with van der Waals surface area (Å²) in [6.45, 7) is 2.26. The number of halogens is 1. The van der Waals surface area contributed by atoms with Gasteiger partial charge in [-0.2, -0.15) is 0 Å². The largest absolute Gasteiger partial charge is 0.366 e. The standard InChI is InChI=1S/C23H23FN4O/c1-26(18-7-3-2-4-8-18)19-11-12-25-21(17-19)23(29)28-15-13-27(14-16-28)22-10-6-5-9-20(22)24/h2-12,17H,13-16H2,1H3. The van der Waals surface area contributed by atoms with Crippen molar-refractivity contribution in [3.05, 3.63) is 84.4 Å². The van der Waals surface area contributed by atoms with Crippen LogP contribution >= 0.6 is 0 Å². The van der Waals surface area contributed by atoms with Crippen LogP contribution in [0.2, 0.25) is 0 Å². The zero-order valence-corrected chi connectivity index (χ0v) is 16.3. The number of para-hydroxylation sites is 2. The zero-order chi connectivity index (χ0) is 20.2. The maximum absolute atomic E-state index is 14.0. The first-order chi connectivity index (χ1) is 14.1. The summed E-state index contributed by atoms with van der Waals surface area (Å²) in [6, 6.07) is 20.4. The molecule has 1 aliphatic heterocycles. The normalized spacial score (nSPS) is 14.0. The minimum atomic E-state index is -0.231. The van der Waals surface area contributed by atoms with E-state index in [-0.39, 0.29) is 11.7 Å². The van der Waals surface area contributed by atoms with E-state index in [2.05, 4.69) is 4.98 Å². The Morgan fingerprint density at radius 3 is 2.34 bits per heavy atom. The Bertz CT molecular complexity index is 987. The van der Waals surface area contributed by atoms with Gasteiger partial charge in [0.2, 0.25) is 0 Å². The van der Waals surface area contributed by atoms with Gasteiger partial charge in [-0.05, 0) is 36.4 Å². The number of carbonyl (C=O) groups is 1. The monoisotopic (exact) mass is 390 g/mol. The molecule has 0 saturated carbocycles. The smallest absolute Gasteiger partial charge is 0.272 e. The second kappa shape index (κ2) is 8.31. The zero-order valence-electron chi connectivity index (χ0n) is 16.3. The fourth-order valence-corrected chi connectivity index (χ4v) is 3.57. The lowest BCUT2D eigenvalue weighted by molar-refractivity contribution is 0.0741. The van der Waals surface area contributed by atoms with Crippen LogP contribution in [-0.4, -0.2) is 49.0 Å². The van der Waals surface area contributed by atoms with E-state index in [1.807, 2.05) is 65.4 Å². The molecule has 1 aliphatic rings. The average Bonchev–Trinajstić information content (AvgIpc) is 2.79. The van der Waals surface area contributed by atoms with E-state index in [0.717, 1.165) is 11.4 Å². The first-order valence-electron chi connectivity index (χ1n) is 9.67. The lowest BCUT2D eigenvalue weighted by Gasteiger charge is -2.36. The number of amides is 1. The average molecular weight is 390 g/mol. The maximum atomic E-state index is 14.0. The molecular weight excluding hydrogens is 367 g/mol. The van der Waals surface area contributed by atoms with Crippen molar-refractivity contribution in [2.45, 2.75) is 0 Å². The Labute approximate surface area is 170 Å². The van der Waals surface area contributed by atoms with Crippen LogP contribution in [0.5, 0.6) is 0 Å². The van der Waals surface area contributed by atoms with Crippen LogP contribution in [0.3, 0.4) is 0 Å². The van der Waals surface area contributed by atoms with Gasteiger partial charge in [-0.25, -0.2) is 4.39 Å². The maximum Gasteiger partial charge on any atom is 0.272 e. The van der Waals surface area contributed by atoms with E-state index >= 15 is 0 Å². The number of aromatic nitrogens is 1. The Morgan fingerprint density at radius 2 is 1.62 bits per heavy atom. The first-order valence-corrected chi connectivity index (χ1v) is 9.67. The number of hydrogen-bond donors (Lipinski definition) is 0. The summed E-state index contributed by atoms with van der Waals surface area (Å²) in [7, 11) is 1.96. The van der Waals surface area contributed by atoms with Crippen LogP contribution < -0.4 is 9.80 Å². The van der Waals surface area contributed by atoms with Gasteiger partial charge in [-0.15, -0.1) is 0 Å². The second-order valence-corrected chi connectivity index (χ2v) is 7.02. The quantitative estimate of drug-likeness (QED) is 0.676. The highest BCUT2D eigenvalue weighted by Crippen LogP contribution is 2.24. The summed E-state index contributed by atoms with van der Waals surface area (Å²) in [5, 5.41) is 0. The van der Waals surface area contributed by atoms with Gasteiger partial charge in [-0.3, -0.25) is 9.78 Å². The molecule has 6 heteroatoms. The molecule has 1 fully saturated rings. The van der Waals surface area contributed by atoms with Gasteiger partial charge in [0, 0.05) is 50.8 Å². The van der Waals surface area contributed by atoms with E-state index in [1.165, 1.54) is 6.07 Å². The molecule has 2 aromatic carbocycles. The van der Waals surface area contributed by atoms with E-state index in [9.17, 15) is 9.18 Å². The number of pyridine rings is 1. The van der Waals surface area contributed by atoms with Crippen LogP contribution in [0.15, 0.2) is 72.9 Å². The van der Waals surface area contributed by atoms with Crippen molar-refractivity contribution in [3.8, 4) is 0 Å². The Balaban J connectivity index is 1.45. The molecule has 0 radical (unpaired) electrons. The molecule has 29 heavy (non-hydrogen) atoms. The molecule has 1 amide bonds. The molecule has 3 aromatic rings. The first kappa shape index (κ1) is 18.9. The molecule has 1 saturated heterocycles. The van der Waals surface area contributed by atoms with Crippen LogP contribution in [0, 0.1) is 5.82 Å². The summed E-state index contributed by atoms with van der Waals surface area (Å²) >= 11 is 0. The fourth-order valence-electron chi connectivity index (χ4n) is 3.57. The van der Waals surface area contributed by atoms with Crippen molar-refractivity contribution in [3.63, 3.8) is 0 Å². The molecule has 0 atom stereocenters. The lowest BCUT2D eigenvalue weighted by atomic mass is 10.2. The SMILES string of the molecule is CN(c1ccccc1)c1ccnc(C(=O)N2CCN(c3ccccc3F)CC2)c1. The van der Waals surface area contributed by atoms with Crippen LogP contribution in [0.4, 0.5) is 21.5 Å². The Hall–Kier alpha value is -3.41. The van der Waals surface area contributed by atoms with E-state index in [0.29, 0.717) is 37.6 Å². The third-order valence-corrected chi connectivity index (χ3v) is 5.25. The molecular formula is C23H23FN4O. The highest BCUT2D eigenvalue weighted by atomic mass is 19.1. The molecule has 0 aliphatic carbocycles. The third-order valence-electron chi connectivity index (χ3n) is 5.25. The minimum absolute atomic E-state index is 0.0958. The Morgan fingerprint density at radius 1 is 0.931 bits per heavy atom. The van der Waals surface area contributed by atoms with Crippen molar-refractivity contribution >= 4 is 23.0 Å². The van der Waals surface area contributed by atoms with Crippen molar-refractivity contribution in [1.29, 1.82) is 0 Å². The summed E-state index contributed by atoms with van der Waals surface area (Å²) in [5.74, 6) is -0.327. The Kier molecular flexibility index (Phi) is 5.42. The molecule has 4 rings (SSSR count). The highest BCUT2D eigenvalue weighted by Gasteiger charge is 2.24. The van der Waals surface area contributed by atoms with Crippen LogP contribution in [-0.2, 0) is 0 Å². The van der Waals surface area contributed by atoms with Gasteiger partial charge in [0.05, 0.1) is 5.69 Å². The number of benzene rings is 2. The van der Waals surface area contributed by atoms with Crippen LogP contribution in [0.1, 0.15) is 10.5 Å².